The van der Waals surface area contributed by atoms with Crippen molar-refractivity contribution in [1.82, 2.24) is 15.5 Å². The molecule has 2 amide bonds. The summed E-state index contributed by atoms with van der Waals surface area (Å²) >= 11 is 0. The fraction of sp³-hybridized carbons (Fsp3) is 0.200. The highest BCUT2D eigenvalue weighted by Crippen LogP contribution is 2.17. The summed E-state index contributed by atoms with van der Waals surface area (Å²) in [5, 5.41) is 9.24. The molecule has 0 radical (unpaired) electrons. The number of hydrogen-bond donors (Lipinski definition) is 2. The third kappa shape index (κ3) is 5.16. The molecule has 0 fully saturated rings. The molecule has 0 aliphatic heterocycles. The van der Waals surface area contributed by atoms with Crippen molar-refractivity contribution < 1.29 is 18.8 Å². The van der Waals surface area contributed by atoms with Gasteiger partial charge in [-0.3, -0.25) is 9.59 Å². The number of amides is 2. The molecule has 2 N–H and O–H groups in total. The summed E-state index contributed by atoms with van der Waals surface area (Å²) in [5.41, 5.74) is 1.65. The Morgan fingerprint density at radius 2 is 1.82 bits per heavy atom. The Labute approximate surface area is 161 Å². The SMILES string of the molecule is CC(=O)Nc1ccc(OCc2noc(C(=O)N[C@H](C)c3ccccc3)n2)cc1. The highest BCUT2D eigenvalue weighted by Gasteiger charge is 2.18. The Balaban J connectivity index is 1.53. The van der Waals surface area contributed by atoms with Gasteiger partial charge in [-0.15, -0.1) is 0 Å². The summed E-state index contributed by atoms with van der Waals surface area (Å²) in [7, 11) is 0. The van der Waals surface area contributed by atoms with Crippen molar-refractivity contribution in [3.8, 4) is 5.75 Å². The minimum Gasteiger partial charge on any atom is -0.485 e. The maximum Gasteiger partial charge on any atom is 0.316 e. The maximum atomic E-state index is 12.3. The molecule has 1 atom stereocenters. The molecule has 1 aromatic heterocycles. The third-order valence-electron chi connectivity index (χ3n) is 3.85. The van der Waals surface area contributed by atoms with Crippen LogP contribution in [-0.2, 0) is 11.4 Å². The molecule has 0 bridgehead atoms. The fourth-order valence-electron chi connectivity index (χ4n) is 2.47. The van der Waals surface area contributed by atoms with Gasteiger partial charge in [0.1, 0.15) is 5.75 Å². The van der Waals surface area contributed by atoms with E-state index in [4.69, 9.17) is 9.26 Å². The molecule has 0 saturated heterocycles. The number of carbonyl (C=O) groups excluding carboxylic acids is 2. The van der Waals surface area contributed by atoms with Crippen molar-refractivity contribution in [1.29, 1.82) is 0 Å². The normalized spacial score (nSPS) is 11.5. The third-order valence-corrected chi connectivity index (χ3v) is 3.85. The van der Waals surface area contributed by atoms with Crippen LogP contribution in [0, 0.1) is 0 Å². The number of hydrogen-bond acceptors (Lipinski definition) is 6. The molecule has 8 nitrogen and oxygen atoms in total. The highest BCUT2D eigenvalue weighted by atomic mass is 16.5. The molecule has 0 saturated carbocycles. The van der Waals surface area contributed by atoms with Crippen LogP contribution in [0.15, 0.2) is 59.1 Å². The quantitative estimate of drug-likeness (QED) is 0.652. The molecule has 3 aromatic rings. The monoisotopic (exact) mass is 380 g/mol. The van der Waals surface area contributed by atoms with Crippen molar-refractivity contribution in [2.75, 3.05) is 5.32 Å². The van der Waals surface area contributed by atoms with Gasteiger partial charge in [0.2, 0.25) is 11.7 Å². The maximum absolute atomic E-state index is 12.3. The van der Waals surface area contributed by atoms with Crippen LogP contribution in [0.3, 0.4) is 0 Å². The van der Waals surface area contributed by atoms with Gasteiger partial charge in [0.25, 0.3) is 0 Å². The van der Waals surface area contributed by atoms with Gasteiger partial charge in [-0.05, 0) is 36.8 Å². The number of carbonyl (C=O) groups is 2. The van der Waals surface area contributed by atoms with Gasteiger partial charge in [0.05, 0.1) is 6.04 Å². The lowest BCUT2D eigenvalue weighted by molar-refractivity contribution is -0.114. The van der Waals surface area contributed by atoms with Gasteiger partial charge in [-0.25, -0.2) is 0 Å². The average Bonchev–Trinajstić information content (AvgIpc) is 3.17. The highest BCUT2D eigenvalue weighted by molar-refractivity contribution is 5.89. The summed E-state index contributed by atoms with van der Waals surface area (Å²) in [4.78, 5) is 27.3. The van der Waals surface area contributed by atoms with Gasteiger partial charge < -0.3 is 19.9 Å². The van der Waals surface area contributed by atoms with Crippen molar-refractivity contribution in [2.24, 2.45) is 0 Å². The first-order valence-electron chi connectivity index (χ1n) is 8.70. The van der Waals surface area contributed by atoms with Gasteiger partial charge in [-0.1, -0.05) is 35.5 Å². The second kappa shape index (κ2) is 8.81. The van der Waals surface area contributed by atoms with Gasteiger partial charge >= 0.3 is 11.8 Å². The lowest BCUT2D eigenvalue weighted by atomic mass is 10.1. The number of nitrogens with zero attached hydrogens (tertiary/aromatic N) is 2. The minimum atomic E-state index is -0.449. The summed E-state index contributed by atoms with van der Waals surface area (Å²) in [6.45, 7) is 3.36. The van der Waals surface area contributed by atoms with E-state index in [0.29, 0.717) is 11.4 Å². The molecule has 2 aromatic carbocycles. The number of nitrogens with one attached hydrogen (secondary N) is 2. The first kappa shape index (κ1) is 19.1. The molecular weight excluding hydrogens is 360 g/mol. The predicted octanol–water partition coefficient (Wildman–Crippen LogP) is 3.10. The Hall–Kier alpha value is -3.68. The number of ether oxygens (including phenoxy) is 1. The molecule has 0 unspecified atom stereocenters. The number of aromatic nitrogens is 2. The summed E-state index contributed by atoms with van der Waals surface area (Å²) in [6, 6.07) is 16.2. The second-order valence-corrected chi connectivity index (χ2v) is 6.12. The van der Waals surface area contributed by atoms with Crippen LogP contribution in [0.25, 0.3) is 0 Å². The van der Waals surface area contributed by atoms with Crippen LogP contribution in [0.2, 0.25) is 0 Å². The summed E-state index contributed by atoms with van der Waals surface area (Å²) in [6.07, 6.45) is 0. The molecule has 1 heterocycles. The van der Waals surface area contributed by atoms with Gasteiger partial charge in [0, 0.05) is 12.6 Å². The summed E-state index contributed by atoms with van der Waals surface area (Å²) < 4.78 is 10.6. The molecular formula is C20H20N4O4. The smallest absolute Gasteiger partial charge is 0.316 e. The van der Waals surface area contributed by atoms with E-state index < -0.39 is 5.91 Å². The van der Waals surface area contributed by atoms with Crippen molar-refractivity contribution in [3.63, 3.8) is 0 Å². The zero-order valence-electron chi connectivity index (χ0n) is 15.5. The van der Waals surface area contributed by atoms with Crippen LogP contribution in [0.1, 0.15) is 42.0 Å². The minimum absolute atomic E-state index is 0.0461. The predicted molar refractivity (Wildman–Crippen MR) is 102 cm³/mol. The lowest BCUT2D eigenvalue weighted by Crippen LogP contribution is -2.26. The van der Waals surface area contributed by atoms with Gasteiger partial charge in [0.15, 0.2) is 6.61 Å². The molecule has 0 aliphatic carbocycles. The standard InChI is InChI=1S/C20H20N4O4/c1-13(15-6-4-3-5-7-15)21-19(26)20-23-18(24-28-20)12-27-17-10-8-16(9-11-17)22-14(2)25/h3-11,13H,12H2,1-2H3,(H,21,26)(H,22,25)/t13-/m1/s1. The average molecular weight is 380 g/mol. The van der Waals surface area contributed by atoms with Crippen molar-refractivity contribution in [3.05, 3.63) is 71.9 Å². The zero-order valence-corrected chi connectivity index (χ0v) is 15.5. The molecule has 144 valence electrons. The van der Waals surface area contributed by atoms with E-state index in [-0.39, 0.29) is 30.3 Å². The second-order valence-electron chi connectivity index (χ2n) is 6.12. The van der Waals surface area contributed by atoms with Crippen molar-refractivity contribution >= 4 is 17.5 Å². The van der Waals surface area contributed by atoms with E-state index in [0.717, 1.165) is 5.56 Å². The van der Waals surface area contributed by atoms with Crippen LogP contribution >= 0.6 is 0 Å². The van der Waals surface area contributed by atoms with Crippen LogP contribution in [-0.4, -0.2) is 22.0 Å². The van der Waals surface area contributed by atoms with E-state index in [2.05, 4.69) is 20.8 Å². The van der Waals surface area contributed by atoms with E-state index >= 15 is 0 Å². The molecule has 8 heteroatoms. The lowest BCUT2D eigenvalue weighted by Gasteiger charge is -2.12. The van der Waals surface area contributed by atoms with Gasteiger partial charge in [-0.2, -0.15) is 4.98 Å². The number of rotatable bonds is 7. The Morgan fingerprint density at radius 3 is 2.50 bits per heavy atom. The Morgan fingerprint density at radius 1 is 1.11 bits per heavy atom. The Kier molecular flexibility index (Phi) is 6.01. The number of benzene rings is 2. The fourth-order valence-corrected chi connectivity index (χ4v) is 2.47. The van der Waals surface area contributed by atoms with E-state index in [9.17, 15) is 9.59 Å². The van der Waals surface area contributed by atoms with Crippen LogP contribution in [0.5, 0.6) is 5.75 Å². The van der Waals surface area contributed by atoms with E-state index in [1.807, 2.05) is 37.3 Å². The van der Waals surface area contributed by atoms with Crippen LogP contribution in [0.4, 0.5) is 5.69 Å². The Bertz CT molecular complexity index is 938. The first-order valence-corrected chi connectivity index (χ1v) is 8.70. The molecule has 0 aliphatic rings. The van der Waals surface area contributed by atoms with E-state index in [1.54, 1.807) is 24.3 Å². The molecule has 3 rings (SSSR count). The van der Waals surface area contributed by atoms with Crippen molar-refractivity contribution in [2.45, 2.75) is 26.5 Å². The molecule has 0 spiro atoms. The topological polar surface area (TPSA) is 106 Å². The van der Waals surface area contributed by atoms with E-state index in [1.165, 1.54) is 6.92 Å². The number of anilines is 1. The summed E-state index contributed by atoms with van der Waals surface area (Å²) in [5.74, 6) is 0.107. The molecule has 28 heavy (non-hydrogen) atoms. The largest absolute Gasteiger partial charge is 0.485 e. The zero-order chi connectivity index (χ0) is 19.9. The van der Waals surface area contributed by atoms with Crippen LogP contribution < -0.4 is 15.4 Å². The first-order chi connectivity index (χ1) is 13.5.